The van der Waals surface area contributed by atoms with Crippen LogP contribution >= 0.6 is 0 Å². The number of ether oxygens (including phenoxy) is 1. The van der Waals surface area contributed by atoms with Crippen molar-refractivity contribution in [1.82, 2.24) is 0 Å². The maximum Gasteiger partial charge on any atom is 0.330 e. The van der Waals surface area contributed by atoms with Crippen LogP contribution in [-0.4, -0.2) is 20.7 Å². The van der Waals surface area contributed by atoms with E-state index >= 15 is 0 Å². The zero-order valence-electron chi connectivity index (χ0n) is 12.9. The van der Waals surface area contributed by atoms with Crippen molar-refractivity contribution in [2.75, 3.05) is 6.61 Å². The Hall–Kier alpha value is -1.87. The second kappa shape index (κ2) is 6.72. The van der Waals surface area contributed by atoms with Gasteiger partial charge in [-0.25, -0.2) is 4.79 Å². The van der Waals surface area contributed by atoms with Gasteiger partial charge in [-0.2, -0.15) is 0 Å². The molecule has 2 rings (SSSR count). The van der Waals surface area contributed by atoms with E-state index in [0.29, 0.717) is 6.61 Å². The standard InChI is InChI=1S/C18H22O2Si/c1-4-20-18(19)14-17(15-10-8-9-11-15)21(2,3)16-12-6-5-7-13-16/h5-15H,4H2,1-3H3/b17-14+. The van der Waals surface area contributed by atoms with Crippen LogP contribution in [0.25, 0.3) is 0 Å². The molecule has 1 aliphatic carbocycles. The summed E-state index contributed by atoms with van der Waals surface area (Å²) in [5.41, 5.74) is 0. The molecule has 21 heavy (non-hydrogen) atoms. The van der Waals surface area contributed by atoms with Crippen LogP contribution in [-0.2, 0) is 9.53 Å². The van der Waals surface area contributed by atoms with Crippen LogP contribution in [0.1, 0.15) is 6.92 Å². The molecule has 0 unspecified atom stereocenters. The fourth-order valence-electron chi connectivity index (χ4n) is 2.66. The lowest BCUT2D eigenvalue weighted by molar-refractivity contribution is -0.137. The van der Waals surface area contributed by atoms with E-state index in [1.807, 2.05) is 25.1 Å². The van der Waals surface area contributed by atoms with Gasteiger partial charge in [-0.15, -0.1) is 0 Å². The van der Waals surface area contributed by atoms with Crippen molar-refractivity contribution in [2.45, 2.75) is 20.0 Å². The highest BCUT2D eigenvalue weighted by atomic mass is 28.3. The van der Waals surface area contributed by atoms with Crippen LogP contribution in [0.15, 0.2) is 65.9 Å². The molecule has 0 aromatic heterocycles. The van der Waals surface area contributed by atoms with Gasteiger partial charge in [0.05, 0.1) is 6.61 Å². The molecule has 1 aliphatic rings. The minimum absolute atomic E-state index is 0.205. The van der Waals surface area contributed by atoms with Gasteiger partial charge in [-0.05, 0) is 6.92 Å². The monoisotopic (exact) mass is 298 g/mol. The summed E-state index contributed by atoms with van der Waals surface area (Å²) in [7, 11) is -1.91. The number of benzene rings is 1. The van der Waals surface area contributed by atoms with E-state index in [1.54, 1.807) is 6.08 Å². The SMILES string of the molecule is CCOC(=O)/C=C(\C1C=CC=C1)[Si](C)(C)c1ccccc1. The van der Waals surface area contributed by atoms with Gasteiger partial charge >= 0.3 is 5.97 Å². The fraction of sp³-hybridized carbons (Fsp3) is 0.278. The van der Waals surface area contributed by atoms with Gasteiger partial charge in [0.1, 0.15) is 8.07 Å². The van der Waals surface area contributed by atoms with Crippen LogP contribution in [0.2, 0.25) is 13.1 Å². The maximum atomic E-state index is 12.0. The van der Waals surface area contributed by atoms with Crippen molar-refractivity contribution in [2.24, 2.45) is 5.92 Å². The molecule has 3 heteroatoms. The van der Waals surface area contributed by atoms with Gasteiger partial charge < -0.3 is 4.74 Å². The van der Waals surface area contributed by atoms with Crippen molar-refractivity contribution in [3.63, 3.8) is 0 Å². The first-order valence-electron chi connectivity index (χ1n) is 7.35. The van der Waals surface area contributed by atoms with Crippen LogP contribution in [0.5, 0.6) is 0 Å². The van der Waals surface area contributed by atoms with Crippen molar-refractivity contribution in [1.29, 1.82) is 0 Å². The molecule has 0 N–H and O–H groups in total. The summed E-state index contributed by atoms with van der Waals surface area (Å²) >= 11 is 0. The molecule has 0 bridgehead atoms. The normalized spacial score (nSPS) is 15.5. The lowest BCUT2D eigenvalue weighted by atomic mass is 10.1. The van der Waals surface area contributed by atoms with E-state index in [-0.39, 0.29) is 11.9 Å². The first kappa shape index (κ1) is 15.5. The molecule has 0 atom stereocenters. The Kier molecular flexibility index (Phi) is 4.97. The second-order valence-electron chi connectivity index (χ2n) is 5.64. The Bertz CT molecular complexity index is 570. The topological polar surface area (TPSA) is 26.3 Å². The average molecular weight is 298 g/mol. The van der Waals surface area contributed by atoms with Crippen molar-refractivity contribution in [3.8, 4) is 0 Å². The molecule has 1 aromatic rings. The third kappa shape index (κ3) is 3.61. The predicted octanol–water partition coefficient (Wildman–Crippen LogP) is 3.37. The van der Waals surface area contributed by atoms with E-state index in [4.69, 9.17) is 4.74 Å². The number of allylic oxidation sites excluding steroid dienone is 5. The Balaban J connectivity index is 2.41. The Labute approximate surface area is 127 Å². The predicted molar refractivity (Wildman–Crippen MR) is 90.0 cm³/mol. The van der Waals surface area contributed by atoms with Crippen LogP contribution < -0.4 is 5.19 Å². The molecule has 0 saturated heterocycles. The van der Waals surface area contributed by atoms with Gasteiger partial charge in [-0.1, -0.05) is 78.1 Å². The molecule has 0 fully saturated rings. The molecule has 0 spiro atoms. The first-order valence-corrected chi connectivity index (χ1v) is 10.3. The Morgan fingerprint density at radius 2 is 1.81 bits per heavy atom. The summed E-state index contributed by atoms with van der Waals surface area (Å²) in [5, 5.41) is 2.52. The van der Waals surface area contributed by atoms with E-state index < -0.39 is 8.07 Å². The second-order valence-corrected chi connectivity index (χ2v) is 10.0. The summed E-state index contributed by atoms with van der Waals surface area (Å²) in [6.45, 7) is 6.81. The van der Waals surface area contributed by atoms with Gasteiger partial charge in [0.2, 0.25) is 0 Å². The van der Waals surface area contributed by atoms with Crippen molar-refractivity contribution in [3.05, 3.63) is 65.9 Å². The van der Waals surface area contributed by atoms with E-state index in [0.717, 1.165) is 0 Å². The largest absolute Gasteiger partial charge is 0.463 e. The summed E-state index contributed by atoms with van der Waals surface area (Å²) in [5.74, 6) is -0.0333. The van der Waals surface area contributed by atoms with Gasteiger partial charge in [0, 0.05) is 12.0 Å². The first-order chi connectivity index (χ1) is 10.1. The number of esters is 1. The Morgan fingerprint density at radius 1 is 1.19 bits per heavy atom. The van der Waals surface area contributed by atoms with Gasteiger partial charge in [0.15, 0.2) is 0 Å². The minimum Gasteiger partial charge on any atom is -0.463 e. The van der Waals surface area contributed by atoms with Gasteiger partial charge in [0.25, 0.3) is 0 Å². The van der Waals surface area contributed by atoms with Gasteiger partial charge in [-0.3, -0.25) is 0 Å². The number of carbonyl (C=O) groups is 1. The summed E-state index contributed by atoms with van der Waals surface area (Å²) in [6, 6.07) is 10.5. The van der Waals surface area contributed by atoms with E-state index in [9.17, 15) is 4.79 Å². The average Bonchev–Trinajstić information content (AvgIpc) is 2.99. The number of rotatable bonds is 5. The third-order valence-corrected chi connectivity index (χ3v) is 7.58. The maximum absolute atomic E-state index is 12.0. The molecule has 0 amide bonds. The van der Waals surface area contributed by atoms with Crippen molar-refractivity contribution < 1.29 is 9.53 Å². The highest BCUT2D eigenvalue weighted by Gasteiger charge is 2.32. The third-order valence-electron chi connectivity index (χ3n) is 3.88. The molecule has 110 valence electrons. The number of hydrogen-bond acceptors (Lipinski definition) is 2. The minimum atomic E-state index is -1.91. The molecular weight excluding hydrogens is 276 g/mol. The smallest absolute Gasteiger partial charge is 0.330 e. The lowest BCUT2D eigenvalue weighted by Crippen LogP contribution is -2.45. The fourth-order valence-corrected chi connectivity index (χ4v) is 5.53. The molecule has 2 nitrogen and oxygen atoms in total. The van der Waals surface area contributed by atoms with E-state index in [2.05, 4.69) is 49.5 Å². The molecule has 0 radical (unpaired) electrons. The summed E-state index contributed by atoms with van der Waals surface area (Å²) in [6.07, 6.45) is 10.1. The molecular formula is C18H22O2Si. The van der Waals surface area contributed by atoms with Crippen LogP contribution in [0.3, 0.4) is 0 Å². The summed E-state index contributed by atoms with van der Waals surface area (Å²) in [4.78, 5) is 12.0. The number of hydrogen-bond donors (Lipinski definition) is 0. The zero-order valence-corrected chi connectivity index (χ0v) is 13.9. The quantitative estimate of drug-likeness (QED) is 0.473. The van der Waals surface area contributed by atoms with E-state index in [1.165, 1.54) is 10.4 Å². The lowest BCUT2D eigenvalue weighted by Gasteiger charge is -2.29. The zero-order chi connectivity index (χ0) is 15.3. The van der Waals surface area contributed by atoms with Crippen LogP contribution in [0, 0.1) is 5.92 Å². The highest BCUT2D eigenvalue weighted by molar-refractivity contribution is 6.96. The highest BCUT2D eigenvalue weighted by Crippen LogP contribution is 2.28. The van der Waals surface area contributed by atoms with Crippen LogP contribution in [0.4, 0.5) is 0 Å². The molecule has 0 heterocycles. The Morgan fingerprint density at radius 3 is 2.38 bits per heavy atom. The van der Waals surface area contributed by atoms with Crippen molar-refractivity contribution >= 4 is 19.2 Å². The number of carbonyl (C=O) groups excluding carboxylic acids is 1. The molecule has 1 aromatic carbocycles. The molecule has 0 saturated carbocycles. The molecule has 0 aliphatic heterocycles. The summed E-state index contributed by atoms with van der Waals surface area (Å²) < 4.78 is 5.12.